The molecule has 226 valence electrons. The average molecular weight is 579 g/mol. The minimum absolute atomic E-state index is 0.0252. The number of nitrogens with one attached hydrogen (secondary N) is 2. The minimum Gasteiger partial charge on any atom is -0.444 e. The van der Waals surface area contributed by atoms with E-state index in [4.69, 9.17) is 10.5 Å². The summed E-state index contributed by atoms with van der Waals surface area (Å²) in [6.45, 7) is 10.9. The third kappa shape index (κ3) is 7.77. The van der Waals surface area contributed by atoms with Crippen LogP contribution in [0, 0.1) is 12.8 Å². The standard InChI is InChI=1S/C31H42N6O5/c1-19-24(10-11-26(32)34-19)17-33-27(38)20(2)35-28(39)25-16-22(18-37(25)30(41)42-31(3,4)5)14-21-8-6-9-23(15-21)29(40)36-12-7-13-36/h6,8-11,15,20,22,25H,7,12-14,16-18H2,1-5H3,(H2,32,34)(H,33,38)(H,35,39)/t20?,22-,25+/m0/s1. The van der Waals surface area contributed by atoms with Crippen LogP contribution >= 0.6 is 0 Å². The first-order valence-corrected chi connectivity index (χ1v) is 14.5. The van der Waals surface area contributed by atoms with E-state index in [0.29, 0.717) is 36.5 Å². The number of ether oxygens (including phenoxy) is 1. The van der Waals surface area contributed by atoms with Crippen molar-refractivity contribution in [2.75, 3.05) is 25.4 Å². The van der Waals surface area contributed by atoms with E-state index in [-0.39, 0.29) is 24.3 Å². The van der Waals surface area contributed by atoms with Crippen molar-refractivity contribution in [1.82, 2.24) is 25.4 Å². The molecule has 0 bridgehead atoms. The quantitative estimate of drug-likeness (QED) is 0.436. The molecule has 11 nitrogen and oxygen atoms in total. The number of aryl methyl sites for hydroxylation is 1. The Labute approximate surface area is 247 Å². The molecule has 4 amide bonds. The van der Waals surface area contributed by atoms with Gasteiger partial charge in [-0.15, -0.1) is 0 Å². The number of nitrogen functional groups attached to an aromatic ring is 1. The first-order chi connectivity index (χ1) is 19.8. The monoisotopic (exact) mass is 578 g/mol. The second-order valence-electron chi connectivity index (χ2n) is 12.2. The summed E-state index contributed by atoms with van der Waals surface area (Å²) in [5.74, 6) is -0.384. The highest BCUT2D eigenvalue weighted by atomic mass is 16.6. The fraction of sp³-hybridized carbons (Fsp3) is 0.516. The summed E-state index contributed by atoms with van der Waals surface area (Å²) < 4.78 is 5.62. The van der Waals surface area contributed by atoms with Gasteiger partial charge in [0.15, 0.2) is 0 Å². The number of benzene rings is 1. The highest BCUT2D eigenvalue weighted by Crippen LogP contribution is 2.29. The van der Waals surface area contributed by atoms with E-state index in [0.717, 1.165) is 30.6 Å². The number of amides is 4. The van der Waals surface area contributed by atoms with Gasteiger partial charge in [-0.3, -0.25) is 19.3 Å². The van der Waals surface area contributed by atoms with Gasteiger partial charge in [0.05, 0.1) is 0 Å². The van der Waals surface area contributed by atoms with Crippen molar-refractivity contribution in [2.45, 2.75) is 78.1 Å². The Morgan fingerprint density at radius 3 is 2.52 bits per heavy atom. The summed E-state index contributed by atoms with van der Waals surface area (Å²) in [5, 5.41) is 5.60. The van der Waals surface area contributed by atoms with Crippen LogP contribution in [0.4, 0.5) is 10.6 Å². The van der Waals surface area contributed by atoms with Crippen molar-refractivity contribution < 1.29 is 23.9 Å². The predicted octanol–water partition coefficient (Wildman–Crippen LogP) is 2.81. The van der Waals surface area contributed by atoms with E-state index in [1.54, 1.807) is 39.8 Å². The van der Waals surface area contributed by atoms with Gasteiger partial charge >= 0.3 is 6.09 Å². The number of hydrogen-bond acceptors (Lipinski definition) is 7. The Kier molecular flexibility index (Phi) is 9.38. The number of nitrogens with zero attached hydrogens (tertiary/aromatic N) is 3. The lowest BCUT2D eigenvalue weighted by molar-refractivity contribution is -0.131. The summed E-state index contributed by atoms with van der Waals surface area (Å²) in [4.78, 5) is 59.6. The van der Waals surface area contributed by atoms with Gasteiger partial charge in [0, 0.05) is 37.4 Å². The molecule has 2 fully saturated rings. The number of aromatic nitrogens is 1. The lowest BCUT2D eigenvalue weighted by Crippen LogP contribution is -2.52. The minimum atomic E-state index is -0.830. The summed E-state index contributed by atoms with van der Waals surface area (Å²) in [5.41, 5.74) is 8.12. The second kappa shape index (κ2) is 12.8. The smallest absolute Gasteiger partial charge is 0.410 e. The average Bonchev–Trinajstić information content (AvgIpc) is 3.30. The van der Waals surface area contributed by atoms with E-state index >= 15 is 0 Å². The first-order valence-electron chi connectivity index (χ1n) is 14.5. The lowest BCUT2D eigenvalue weighted by Gasteiger charge is -2.31. The van der Waals surface area contributed by atoms with Crippen LogP contribution in [0.3, 0.4) is 0 Å². The van der Waals surface area contributed by atoms with E-state index in [9.17, 15) is 19.2 Å². The largest absolute Gasteiger partial charge is 0.444 e. The molecule has 3 heterocycles. The van der Waals surface area contributed by atoms with E-state index in [1.807, 2.05) is 36.1 Å². The molecule has 4 rings (SSSR count). The topological polar surface area (TPSA) is 147 Å². The van der Waals surface area contributed by atoms with E-state index < -0.39 is 29.7 Å². The normalized spacial score (nSPS) is 19.1. The number of carbonyl (C=O) groups is 4. The van der Waals surface area contributed by atoms with Crippen molar-refractivity contribution in [3.05, 3.63) is 58.8 Å². The zero-order valence-corrected chi connectivity index (χ0v) is 25.1. The Balaban J connectivity index is 1.41. The molecule has 0 radical (unpaired) electrons. The third-order valence-corrected chi connectivity index (χ3v) is 7.58. The molecule has 2 aliphatic rings. The molecule has 1 aromatic carbocycles. The van der Waals surface area contributed by atoms with Crippen molar-refractivity contribution in [3.63, 3.8) is 0 Å². The predicted molar refractivity (Wildman–Crippen MR) is 158 cm³/mol. The highest BCUT2D eigenvalue weighted by molar-refractivity contribution is 5.95. The van der Waals surface area contributed by atoms with Crippen molar-refractivity contribution >= 4 is 29.6 Å². The van der Waals surface area contributed by atoms with Crippen LogP contribution in [0.25, 0.3) is 0 Å². The highest BCUT2D eigenvalue weighted by Gasteiger charge is 2.42. The fourth-order valence-corrected chi connectivity index (χ4v) is 5.21. The maximum atomic E-state index is 13.4. The molecule has 42 heavy (non-hydrogen) atoms. The van der Waals surface area contributed by atoms with E-state index in [2.05, 4.69) is 15.6 Å². The van der Waals surface area contributed by atoms with Crippen LogP contribution in [0.1, 0.15) is 67.7 Å². The number of likely N-dealkylation sites (tertiary alicyclic amines) is 2. The molecule has 11 heteroatoms. The van der Waals surface area contributed by atoms with E-state index in [1.165, 1.54) is 4.90 Å². The molecule has 2 aliphatic heterocycles. The third-order valence-electron chi connectivity index (χ3n) is 7.58. The Morgan fingerprint density at radius 1 is 1.14 bits per heavy atom. The van der Waals surface area contributed by atoms with Crippen LogP contribution in [-0.2, 0) is 27.3 Å². The van der Waals surface area contributed by atoms with Crippen LogP contribution in [0.5, 0.6) is 0 Å². The molecular weight excluding hydrogens is 536 g/mol. The van der Waals surface area contributed by atoms with Crippen LogP contribution in [-0.4, -0.2) is 75.9 Å². The maximum Gasteiger partial charge on any atom is 0.410 e. The van der Waals surface area contributed by atoms with Gasteiger partial charge in [0.1, 0.15) is 23.5 Å². The summed E-state index contributed by atoms with van der Waals surface area (Å²) in [7, 11) is 0. The van der Waals surface area contributed by atoms with Crippen molar-refractivity contribution in [2.24, 2.45) is 5.92 Å². The van der Waals surface area contributed by atoms with Crippen LogP contribution < -0.4 is 16.4 Å². The van der Waals surface area contributed by atoms with Gasteiger partial charge in [0.25, 0.3) is 5.91 Å². The molecule has 0 saturated carbocycles. The molecule has 2 aromatic rings. The maximum absolute atomic E-state index is 13.4. The molecule has 0 spiro atoms. The molecule has 1 unspecified atom stereocenters. The number of nitrogens with two attached hydrogens (primary N) is 1. The van der Waals surface area contributed by atoms with Crippen molar-refractivity contribution in [1.29, 1.82) is 0 Å². The summed E-state index contributed by atoms with van der Waals surface area (Å²) in [6, 6.07) is 9.39. The molecule has 2 saturated heterocycles. The number of rotatable bonds is 8. The Hall–Kier alpha value is -4.15. The number of pyridine rings is 1. The fourth-order valence-electron chi connectivity index (χ4n) is 5.21. The second-order valence-corrected chi connectivity index (χ2v) is 12.2. The zero-order valence-electron chi connectivity index (χ0n) is 25.1. The SMILES string of the molecule is Cc1nc(N)ccc1CNC(=O)C(C)NC(=O)[C@H]1C[C@H](Cc2cccc(C(=O)N3CCC3)c2)CN1C(=O)OC(C)(C)C. The van der Waals surface area contributed by atoms with Crippen molar-refractivity contribution in [3.8, 4) is 0 Å². The molecule has 1 aromatic heterocycles. The number of carbonyl (C=O) groups excluding carboxylic acids is 4. The lowest BCUT2D eigenvalue weighted by atomic mass is 9.95. The number of hydrogen-bond donors (Lipinski definition) is 3. The zero-order chi connectivity index (χ0) is 30.6. The molecule has 3 atom stereocenters. The number of anilines is 1. The van der Waals surface area contributed by atoms with Gasteiger partial charge in [-0.05, 0) is 89.1 Å². The summed E-state index contributed by atoms with van der Waals surface area (Å²) >= 11 is 0. The van der Waals surface area contributed by atoms with Gasteiger partial charge < -0.3 is 26.0 Å². The molecule has 0 aliphatic carbocycles. The summed E-state index contributed by atoms with van der Waals surface area (Å²) in [6.07, 6.45) is 1.45. The molecular formula is C31H42N6O5. The van der Waals surface area contributed by atoms with Gasteiger partial charge in [-0.25, -0.2) is 9.78 Å². The Bertz CT molecular complexity index is 1340. The van der Waals surface area contributed by atoms with Gasteiger partial charge in [0.2, 0.25) is 11.8 Å². The van der Waals surface area contributed by atoms with Crippen LogP contribution in [0.2, 0.25) is 0 Å². The van der Waals surface area contributed by atoms with Gasteiger partial charge in [-0.1, -0.05) is 18.2 Å². The van der Waals surface area contributed by atoms with Crippen LogP contribution in [0.15, 0.2) is 36.4 Å². The molecule has 4 N–H and O–H groups in total. The van der Waals surface area contributed by atoms with Gasteiger partial charge in [-0.2, -0.15) is 0 Å². The Morgan fingerprint density at radius 2 is 1.88 bits per heavy atom. The first kappa shape index (κ1) is 30.8.